The lowest BCUT2D eigenvalue weighted by molar-refractivity contribution is -0.123. The first-order valence-corrected chi connectivity index (χ1v) is 10.1. The molecule has 1 N–H and O–H groups in total. The van der Waals surface area contributed by atoms with Crippen molar-refractivity contribution in [1.29, 1.82) is 0 Å². The quantitative estimate of drug-likeness (QED) is 0.226. The van der Waals surface area contributed by atoms with Gasteiger partial charge in [0.05, 0.1) is 18.9 Å². The van der Waals surface area contributed by atoms with Crippen LogP contribution >= 0.6 is 11.6 Å². The summed E-state index contributed by atoms with van der Waals surface area (Å²) in [6.45, 7) is 1.61. The van der Waals surface area contributed by atoms with Crippen LogP contribution in [0.1, 0.15) is 21.5 Å². The summed E-state index contributed by atoms with van der Waals surface area (Å²) in [5, 5.41) is 4.49. The van der Waals surface area contributed by atoms with E-state index in [0.29, 0.717) is 16.3 Å². The number of hydrogen-bond donors (Lipinski definition) is 1. The lowest BCUT2D eigenvalue weighted by Gasteiger charge is -2.10. The van der Waals surface area contributed by atoms with Crippen LogP contribution in [-0.4, -0.2) is 31.8 Å². The van der Waals surface area contributed by atoms with E-state index < -0.39 is 17.7 Å². The second-order valence-corrected chi connectivity index (χ2v) is 7.21. The average molecular weight is 471 g/mol. The number of halogens is 2. The SMILES string of the molecule is COc1cc(/C=N/NC(=O)COc2ccc(Cl)c(C)c2)ccc1OC(=O)c1cccc(F)c1. The van der Waals surface area contributed by atoms with Crippen molar-refractivity contribution in [2.24, 2.45) is 5.10 Å². The maximum atomic E-state index is 13.3. The lowest BCUT2D eigenvalue weighted by Crippen LogP contribution is -2.24. The van der Waals surface area contributed by atoms with Gasteiger partial charge in [0.2, 0.25) is 0 Å². The van der Waals surface area contributed by atoms with E-state index in [9.17, 15) is 14.0 Å². The Morgan fingerprint density at radius 1 is 1.09 bits per heavy atom. The number of aryl methyl sites for hydroxylation is 1. The number of benzene rings is 3. The minimum absolute atomic E-state index is 0.0707. The molecule has 0 saturated heterocycles. The third-order valence-electron chi connectivity index (χ3n) is 4.35. The van der Waals surface area contributed by atoms with Crippen LogP contribution in [-0.2, 0) is 4.79 Å². The summed E-state index contributed by atoms with van der Waals surface area (Å²) >= 11 is 5.96. The monoisotopic (exact) mass is 470 g/mol. The summed E-state index contributed by atoms with van der Waals surface area (Å²) in [6.07, 6.45) is 1.39. The van der Waals surface area contributed by atoms with Crippen molar-refractivity contribution in [3.63, 3.8) is 0 Å². The third kappa shape index (κ3) is 6.78. The number of ether oxygens (including phenoxy) is 3. The maximum Gasteiger partial charge on any atom is 0.343 e. The van der Waals surface area contributed by atoms with Gasteiger partial charge in [-0.3, -0.25) is 4.79 Å². The standard InChI is InChI=1S/C24H20ClFN2O5/c1-15-10-19(7-8-20(15)25)32-14-23(29)28-27-13-16-6-9-21(22(11-16)31-2)33-24(30)17-4-3-5-18(26)12-17/h3-13H,14H2,1-2H3,(H,28,29)/b27-13+. The molecule has 9 heteroatoms. The highest BCUT2D eigenvalue weighted by molar-refractivity contribution is 6.31. The fourth-order valence-corrected chi connectivity index (χ4v) is 2.81. The molecule has 3 aromatic carbocycles. The van der Waals surface area contributed by atoms with Gasteiger partial charge in [0.25, 0.3) is 5.91 Å². The lowest BCUT2D eigenvalue weighted by atomic mass is 10.2. The molecule has 0 spiro atoms. The minimum Gasteiger partial charge on any atom is -0.493 e. The van der Waals surface area contributed by atoms with Crippen molar-refractivity contribution in [1.82, 2.24) is 5.43 Å². The van der Waals surface area contributed by atoms with Gasteiger partial charge in [-0.15, -0.1) is 0 Å². The minimum atomic E-state index is -0.725. The van der Waals surface area contributed by atoms with Crippen molar-refractivity contribution < 1.29 is 28.2 Å². The molecular weight excluding hydrogens is 451 g/mol. The van der Waals surface area contributed by atoms with Crippen LogP contribution in [0, 0.1) is 12.7 Å². The highest BCUT2D eigenvalue weighted by Crippen LogP contribution is 2.28. The summed E-state index contributed by atoms with van der Waals surface area (Å²) in [6, 6.07) is 14.9. The van der Waals surface area contributed by atoms with Crippen molar-refractivity contribution >= 4 is 29.7 Å². The van der Waals surface area contributed by atoms with E-state index in [4.69, 9.17) is 25.8 Å². The first-order chi connectivity index (χ1) is 15.9. The molecule has 0 heterocycles. The van der Waals surface area contributed by atoms with Gasteiger partial charge in [0.15, 0.2) is 18.1 Å². The fourth-order valence-electron chi connectivity index (χ4n) is 2.69. The number of carbonyl (C=O) groups is 2. The molecule has 170 valence electrons. The molecule has 0 bridgehead atoms. The number of carbonyl (C=O) groups excluding carboxylic acids is 2. The predicted molar refractivity (Wildman–Crippen MR) is 122 cm³/mol. The Balaban J connectivity index is 1.56. The topological polar surface area (TPSA) is 86.2 Å². The van der Waals surface area contributed by atoms with Crippen LogP contribution in [0.3, 0.4) is 0 Å². The van der Waals surface area contributed by atoms with E-state index in [0.717, 1.165) is 11.6 Å². The Kier molecular flexibility index (Phi) is 7.99. The molecule has 0 radical (unpaired) electrons. The summed E-state index contributed by atoms with van der Waals surface area (Å²) in [5.41, 5.74) is 3.84. The van der Waals surface area contributed by atoms with Gasteiger partial charge in [0, 0.05) is 5.02 Å². The van der Waals surface area contributed by atoms with Crippen LogP contribution in [0.4, 0.5) is 4.39 Å². The van der Waals surface area contributed by atoms with E-state index in [-0.39, 0.29) is 23.7 Å². The first-order valence-electron chi connectivity index (χ1n) is 9.72. The number of nitrogens with one attached hydrogen (secondary N) is 1. The summed E-state index contributed by atoms with van der Waals surface area (Å²) in [5.74, 6) is -0.789. The smallest absolute Gasteiger partial charge is 0.343 e. The van der Waals surface area contributed by atoms with Crippen LogP contribution < -0.4 is 19.6 Å². The fraction of sp³-hybridized carbons (Fsp3) is 0.125. The molecule has 0 aliphatic rings. The number of esters is 1. The van der Waals surface area contributed by atoms with Crippen molar-refractivity contribution in [3.05, 3.63) is 88.2 Å². The second-order valence-electron chi connectivity index (χ2n) is 6.80. The van der Waals surface area contributed by atoms with E-state index in [2.05, 4.69) is 10.5 Å². The van der Waals surface area contributed by atoms with E-state index in [1.165, 1.54) is 37.6 Å². The Bertz CT molecular complexity index is 1200. The first kappa shape index (κ1) is 23.7. The third-order valence-corrected chi connectivity index (χ3v) is 4.78. The zero-order valence-corrected chi connectivity index (χ0v) is 18.6. The summed E-state index contributed by atoms with van der Waals surface area (Å²) in [4.78, 5) is 24.2. The van der Waals surface area contributed by atoms with Gasteiger partial charge in [-0.05, 0) is 72.6 Å². The maximum absolute atomic E-state index is 13.3. The molecule has 0 aliphatic heterocycles. The molecule has 0 fully saturated rings. The Morgan fingerprint density at radius 2 is 1.91 bits per heavy atom. The molecule has 7 nitrogen and oxygen atoms in total. The largest absolute Gasteiger partial charge is 0.493 e. The molecular formula is C24H20ClFN2O5. The molecule has 0 saturated carbocycles. The van der Waals surface area contributed by atoms with E-state index in [1.54, 1.807) is 30.3 Å². The van der Waals surface area contributed by atoms with Gasteiger partial charge in [-0.1, -0.05) is 17.7 Å². The van der Waals surface area contributed by atoms with E-state index >= 15 is 0 Å². The average Bonchev–Trinajstić information content (AvgIpc) is 2.80. The number of nitrogens with zero attached hydrogens (tertiary/aromatic N) is 1. The van der Waals surface area contributed by atoms with Crippen molar-refractivity contribution in [3.8, 4) is 17.2 Å². The molecule has 0 atom stereocenters. The van der Waals surface area contributed by atoms with E-state index in [1.807, 2.05) is 6.92 Å². The number of methoxy groups -OCH3 is 1. The number of rotatable bonds is 8. The number of hydrazone groups is 1. The van der Waals surface area contributed by atoms with Crippen LogP contribution in [0.15, 0.2) is 65.8 Å². The molecule has 3 aromatic rings. The summed E-state index contributed by atoms with van der Waals surface area (Å²) in [7, 11) is 1.41. The normalized spacial score (nSPS) is 10.7. The molecule has 33 heavy (non-hydrogen) atoms. The number of amides is 1. The molecule has 0 aromatic heterocycles. The molecule has 3 rings (SSSR count). The Hall–Kier alpha value is -3.91. The van der Waals surface area contributed by atoms with Gasteiger partial charge >= 0.3 is 5.97 Å². The number of hydrogen-bond acceptors (Lipinski definition) is 6. The van der Waals surface area contributed by atoms with Crippen LogP contribution in [0.5, 0.6) is 17.2 Å². The van der Waals surface area contributed by atoms with Crippen LogP contribution in [0.25, 0.3) is 0 Å². The summed E-state index contributed by atoms with van der Waals surface area (Å²) < 4.78 is 29.3. The van der Waals surface area contributed by atoms with Crippen molar-refractivity contribution in [2.45, 2.75) is 6.92 Å². The van der Waals surface area contributed by atoms with Crippen LogP contribution in [0.2, 0.25) is 5.02 Å². The van der Waals surface area contributed by atoms with Gasteiger partial charge < -0.3 is 14.2 Å². The van der Waals surface area contributed by atoms with Gasteiger partial charge in [0.1, 0.15) is 11.6 Å². The van der Waals surface area contributed by atoms with Crippen molar-refractivity contribution in [2.75, 3.05) is 13.7 Å². The highest BCUT2D eigenvalue weighted by atomic mass is 35.5. The molecule has 1 amide bonds. The van der Waals surface area contributed by atoms with Gasteiger partial charge in [-0.2, -0.15) is 5.10 Å². The second kappa shape index (κ2) is 11.1. The van der Waals surface area contributed by atoms with Gasteiger partial charge in [-0.25, -0.2) is 14.6 Å². The highest BCUT2D eigenvalue weighted by Gasteiger charge is 2.13. The molecule has 0 aliphatic carbocycles. The zero-order valence-electron chi connectivity index (χ0n) is 17.8. The predicted octanol–water partition coefficient (Wildman–Crippen LogP) is 4.54. The zero-order chi connectivity index (χ0) is 23.8. The molecule has 0 unspecified atom stereocenters. The Morgan fingerprint density at radius 3 is 2.64 bits per heavy atom. The Labute approximate surface area is 194 Å².